The normalized spacial score (nSPS) is 9.50. The van der Waals surface area contributed by atoms with E-state index < -0.39 is 16.6 Å². The van der Waals surface area contributed by atoms with Gasteiger partial charge in [-0.25, -0.2) is 4.79 Å². The zero-order valence-electron chi connectivity index (χ0n) is 9.33. The van der Waals surface area contributed by atoms with Crippen LogP contribution in [0.15, 0.2) is 18.2 Å². The number of nitriles is 1. The summed E-state index contributed by atoms with van der Waals surface area (Å²) in [5.74, 6) is -1.57. The number of ether oxygens (including phenoxy) is 1. The summed E-state index contributed by atoms with van der Waals surface area (Å²) in [5, 5.41) is 28.0. The SMILES string of the molecule is N#CCCCOc1c(C(=O)O)cccc1[N+](=O)[O-]. The van der Waals surface area contributed by atoms with Crippen LogP contribution >= 0.6 is 0 Å². The molecule has 0 spiro atoms. The fraction of sp³-hybridized carbons (Fsp3) is 0.273. The summed E-state index contributed by atoms with van der Waals surface area (Å²) < 4.78 is 5.12. The lowest BCUT2D eigenvalue weighted by Gasteiger charge is -2.08. The Hall–Kier alpha value is -2.62. The summed E-state index contributed by atoms with van der Waals surface area (Å²) in [6.07, 6.45) is 0.616. The topological polar surface area (TPSA) is 113 Å². The number of aromatic carboxylic acids is 1. The van der Waals surface area contributed by atoms with Crippen LogP contribution in [0.3, 0.4) is 0 Å². The van der Waals surface area contributed by atoms with E-state index in [-0.39, 0.29) is 24.3 Å². The van der Waals surface area contributed by atoms with E-state index >= 15 is 0 Å². The zero-order chi connectivity index (χ0) is 13.5. The molecule has 0 aromatic heterocycles. The van der Waals surface area contributed by atoms with E-state index in [4.69, 9.17) is 15.1 Å². The van der Waals surface area contributed by atoms with Crippen LogP contribution < -0.4 is 4.74 Å². The van der Waals surface area contributed by atoms with Crippen molar-refractivity contribution in [2.45, 2.75) is 12.8 Å². The molecule has 94 valence electrons. The van der Waals surface area contributed by atoms with E-state index in [0.29, 0.717) is 6.42 Å². The van der Waals surface area contributed by atoms with Gasteiger partial charge in [-0.2, -0.15) is 5.26 Å². The maximum atomic E-state index is 10.9. The van der Waals surface area contributed by atoms with Crippen molar-refractivity contribution in [3.8, 4) is 11.8 Å². The van der Waals surface area contributed by atoms with E-state index in [1.807, 2.05) is 6.07 Å². The fourth-order valence-corrected chi connectivity index (χ4v) is 1.31. The number of rotatable bonds is 6. The molecule has 18 heavy (non-hydrogen) atoms. The van der Waals surface area contributed by atoms with E-state index in [2.05, 4.69) is 0 Å². The van der Waals surface area contributed by atoms with Crippen LogP contribution in [0.5, 0.6) is 5.75 Å². The summed E-state index contributed by atoms with van der Waals surface area (Å²) >= 11 is 0. The van der Waals surface area contributed by atoms with Crippen LogP contribution in [-0.4, -0.2) is 22.6 Å². The standard InChI is InChI=1S/C11H10N2O5/c12-6-1-2-7-18-10-8(11(14)15)4-3-5-9(10)13(16)17/h3-5H,1-2,7H2,(H,14,15). The van der Waals surface area contributed by atoms with Crippen molar-refractivity contribution < 1.29 is 19.6 Å². The van der Waals surface area contributed by atoms with Gasteiger partial charge < -0.3 is 9.84 Å². The molecule has 0 radical (unpaired) electrons. The van der Waals surface area contributed by atoms with Gasteiger partial charge in [-0.3, -0.25) is 10.1 Å². The number of carboxylic acids is 1. The minimum Gasteiger partial charge on any atom is -0.486 e. The third-order valence-corrected chi connectivity index (χ3v) is 2.10. The van der Waals surface area contributed by atoms with E-state index in [0.717, 1.165) is 0 Å². The summed E-state index contributed by atoms with van der Waals surface area (Å²) in [7, 11) is 0. The van der Waals surface area contributed by atoms with Gasteiger partial charge in [0.05, 0.1) is 17.6 Å². The molecule has 0 atom stereocenters. The number of carbonyl (C=O) groups is 1. The van der Waals surface area contributed by atoms with E-state index in [1.54, 1.807) is 0 Å². The highest BCUT2D eigenvalue weighted by atomic mass is 16.6. The van der Waals surface area contributed by atoms with Gasteiger partial charge in [0, 0.05) is 12.5 Å². The first-order valence-electron chi connectivity index (χ1n) is 5.08. The number of para-hydroxylation sites is 1. The van der Waals surface area contributed by atoms with Crippen LogP contribution in [0.25, 0.3) is 0 Å². The van der Waals surface area contributed by atoms with Gasteiger partial charge in [-0.1, -0.05) is 6.07 Å². The first-order chi connectivity index (χ1) is 8.57. The minimum absolute atomic E-state index is 0.0543. The number of hydrogen-bond donors (Lipinski definition) is 1. The Balaban J connectivity index is 3.00. The van der Waals surface area contributed by atoms with Gasteiger partial charge in [-0.05, 0) is 12.5 Å². The molecule has 0 aliphatic rings. The van der Waals surface area contributed by atoms with Crippen molar-refractivity contribution in [2.75, 3.05) is 6.61 Å². The smallest absolute Gasteiger partial charge is 0.339 e. The van der Waals surface area contributed by atoms with Crippen molar-refractivity contribution in [3.05, 3.63) is 33.9 Å². The van der Waals surface area contributed by atoms with Crippen LogP contribution in [0.2, 0.25) is 0 Å². The molecular weight excluding hydrogens is 240 g/mol. The van der Waals surface area contributed by atoms with E-state index in [1.165, 1.54) is 18.2 Å². The average Bonchev–Trinajstić information content (AvgIpc) is 2.34. The number of nitro groups is 1. The number of carboxylic acid groups (broad SMARTS) is 1. The number of benzene rings is 1. The zero-order valence-corrected chi connectivity index (χ0v) is 9.33. The number of unbranched alkanes of at least 4 members (excludes halogenated alkanes) is 1. The Kier molecular flexibility index (Phi) is 4.63. The Bertz CT molecular complexity index is 474. The van der Waals surface area contributed by atoms with Crippen molar-refractivity contribution in [1.82, 2.24) is 0 Å². The van der Waals surface area contributed by atoms with Crippen LogP contribution in [0.4, 0.5) is 5.69 Å². The Morgan fingerprint density at radius 1 is 1.56 bits per heavy atom. The Morgan fingerprint density at radius 3 is 2.83 bits per heavy atom. The summed E-state index contributed by atoms with van der Waals surface area (Å²) in [6, 6.07) is 5.58. The van der Waals surface area contributed by atoms with Gasteiger partial charge in [-0.15, -0.1) is 0 Å². The van der Waals surface area contributed by atoms with Gasteiger partial charge >= 0.3 is 11.7 Å². The summed E-state index contributed by atoms with van der Waals surface area (Å²) in [6.45, 7) is 0.0543. The minimum atomic E-state index is -1.30. The fourth-order valence-electron chi connectivity index (χ4n) is 1.31. The predicted octanol–water partition coefficient (Wildman–Crippen LogP) is 1.98. The van der Waals surface area contributed by atoms with E-state index in [9.17, 15) is 14.9 Å². The van der Waals surface area contributed by atoms with Crippen LogP contribution in [0.1, 0.15) is 23.2 Å². The maximum absolute atomic E-state index is 10.9. The molecular formula is C11H10N2O5. The van der Waals surface area contributed by atoms with Crippen LogP contribution in [-0.2, 0) is 0 Å². The predicted molar refractivity (Wildman–Crippen MR) is 60.4 cm³/mol. The highest BCUT2D eigenvalue weighted by molar-refractivity contribution is 5.92. The van der Waals surface area contributed by atoms with Crippen molar-refractivity contribution in [2.24, 2.45) is 0 Å². The molecule has 0 saturated heterocycles. The van der Waals surface area contributed by atoms with Gasteiger partial charge in [0.25, 0.3) is 0 Å². The maximum Gasteiger partial charge on any atom is 0.339 e. The highest BCUT2D eigenvalue weighted by Crippen LogP contribution is 2.31. The first-order valence-corrected chi connectivity index (χ1v) is 5.08. The third-order valence-electron chi connectivity index (χ3n) is 2.10. The van der Waals surface area contributed by atoms with Crippen molar-refractivity contribution >= 4 is 11.7 Å². The number of nitro benzene ring substituents is 1. The molecule has 0 unspecified atom stereocenters. The summed E-state index contributed by atoms with van der Waals surface area (Å²) in [5.41, 5.74) is -0.659. The van der Waals surface area contributed by atoms with Gasteiger partial charge in [0.1, 0.15) is 5.56 Å². The lowest BCUT2D eigenvalue weighted by Crippen LogP contribution is -2.07. The molecule has 1 aromatic carbocycles. The number of hydrogen-bond acceptors (Lipinski definition) is 5. The molecule has 1 aromatic rings. The molecule has 7 heteroatoms. The average molecular weight is 250 g/mol. The number of nitrogens with zero attached hydrogens (tertiary/aromatic N) is 2. The monoisotopic (exact) mass is 250 g/mol. The quantitative estimate of drug-likeness (QED) is 0.469. The second-order valence-electron chi connectivity index (χ2n) is 3.33. The molecule has 0 amide bonds. The lowest BCUT2D eigenvalue weighted by molar-refractivity contribution is -0.385. The molecule has 7 nitrogen and oxygen atoms in total. The lowest BCUT2D eigenvalue weighted by atomic mass is 10.1. The summed E-state index contributed by atoms with van der Waals surface area (Å²) in [4.78, 5) is 21.0. The highest BCUT2D eigenvalue weighted by Gasteiger charge is 2.22. The molecule has 0 fully saturated rings. The molecule has 0 saturated carbocycles. The molecule has 0 aliphatic heterocycles. The van der Waals surface area contributed by atoms with Gasteiger partial charge in [0.15, 0.2) is 0 Å². The molecule has 0 bridgehead atoms. The first kappa shape index (κ1) is 13.4. The largest absolute Gasteiger partial charge is 0.486 e. The second kappa shape index (κ2) is 6.20. The second-order valence-corrected chi connectivity index (χ2v) is 3.33. The third kappa shape index (κ3) is 3.18. The van der Waals surface area contributed by atoms with Crippen molar-refractivity contribution in [3.63, 3.8) is 0 Å². The molecule has 0 aliphatic carbocycles. The molecule has 1 N–H and O–H groups in total. The Morgan fingerprint density at radius 2 is 2.28 bits per heavy atom. The van der Waals surface area contributed by atoms with Crippen LogP contribution in [0, 0.1) is 21.4 Å². The molecule has 0 heterocycles. The molecule has 1 rings (SSSR count). The van der Waals surface area contributed by atoms with Gasteiger partial charge in [0.2, 0.25) is 5.75 Å². The Labute approximate surface area is 102 Å². The van der Waals surface area contributed by atoms with Crippen molar-refractivity contribution in [1.29, 1.82) is 5.26 Å².